The van der Waals surface area contributed by atoms with Crippen LogP contribution in [0, 0.1) is 5.82 Å². The van der Waals surface area contributed by atoms with Crippen LogP contribution in [0.4, 0.5) is 4.39 Å². The molecule has 0 aliphatic carbocycles. The van der Waals surface area contributed by atoms with Crippen molar-refractivity contribution in [3.8, 4) is 0 Å². The standard InChI is InChI=1S/C13H6BrCl4F/c14-9-5-12(19)8(4-11(9)17)13(18)7-2-1-6(15)3-10(7)16/h1-5,13H. The second-order valence-electron chi connectivity index (χ2n) is 3.82. The van der Waals surface area contributed by atoms with Crippen LogP contribution in [-0.2, 0) is 0 Å². The monoisotopic (exact) mass is 400 g/mol. The Morgan fingerprint density at radius 3 is 2.26 bits per heavy atom. The molecule has 0 radical (unpaired) electrons. The largest absolute Gasteiger partial charge is 0.207 e. The van der Waals surface area contributed by atoms with Gasteiger partial charge in [-0.15, -0.1) is 11.6 Å². The first-order chi connectivity index (χ1) is 8.90. The van der Waals surface area contributed by atoms with E-state index in [0.29, 0.717) is 25.1 Å². The van der Waals surface area contributed by atoms with E-state index < -0.39 is 11.2 Å². The molecule has 0 saturated carbocycles. The number of hydrogen-bond donors (Lipinski definition) is 0. The van der Waals surface area contributed by atoms with Crippen molar-refractivity contribution in [2.75, 3.05) is 0 Å². The second kappa shape index (κ2) is 6.19. The third-order valence-corrected chi connectivity index (χ3v) is 4.78. The smallest absolute Gasteiger partial charge is 0.129 e. The van der Waals surface area contributed by atoms with Crippen LogP contribution < -0.4 is 0 Å². The lowest BCUT2D eigenvalue weighted by Gasteiger charge is -2.14. The third-order valence-electron chi connectivity index (χ3n) is 2.55. The van der Waals surface area contributed by atoms with Crippen molar-refractivity contribution in [2.24, 2.45) is 0 Å². The van der Waals surface area contributed by atoms with Gasteiger partial charge in [-0.2, -0.15) is 0 Å². The van der Waals surface area contributed by atoms with Crippen molar-refractivity contribution in [3.05, 3.63) is 66.8 Å². The predicted molar refractivity (Wildman–Crippen MR) is 83.3 cm³/mol. The summed E-state index contributed by atoms with van der Waals surface area (Å²) < 4.78 is 14.4. The van der Waals surface area contributed by atoms with Gasteiger partial charge in [0, 0.05) is 20.1 Å². The van der Waals surface area contributed by atoms with E-state index in [2.05, 4.69) is 15.9 Å². The zero-order chi connectivity index (χ0) is 14.2. The van der Waals surface area contributed by atoms with Crippen molar-refractivity contribution < 1.29 is 4.39 Å². The molecule has 0 spiro atoms. The van der Waals surface area contributed by atoms with Gasteiger partial charge in [-0.25, -0.2) is 4.39 Å². The van der Waals surface area contributed by atoms with Gasteiger partial charge in [0.2, 0.25) is 0 Å². The van der Waals surface area contributed by atoms with E-state index >= 15 is 0 Å². The summed E-state index contributed by atoms with van der Waals surface area (Å²) >= 11 is 27.3. The topological polar surface area (TPSA) is 0 Å². The predicted octanol–water partition coefficient (Wildman–Crippen LogP) is 6.88. The quantitative estimate of drug-likeness (QED) is 0.379. The van der Waals surface area contributed by atoms with Gasteiger partial charge in [0.25, 0.3) is 0 Å². The van der Waals surface area contributed by atoms with Gasteiger partial charge in [-0.1, -0.05) is 40.9 Å². The Kier molecular flexibility index (Phi) is 5.02. The molecule has 6 heteroatoms. The maximum absolute atomic E-state index is 13.9. The van der Waals surface area contributed by atoms with Crippen molar-refractivity contribution in [1.29, 1.82) is 0 Å². The Morgan fingerprint density at radius 2 is 1.63 bits per heavy atom. The van der Waals surface area contributed by atoms with Crippen LogP contribution in [0.5, 0.6) is 0 Å². The Labute approximate surface area is 138 Å². The molecule has 1 unspecified atom stereocenters. The Hall–Kier alpha value is 0.01000. The summed E-state index contributed by atoms with van der Waals surface area (Å²) in [6, 6.07) is 7.63. The van der Waals surface area contributed by atoms with Crippen LogP contribution in [-0.4, -0.2) is 0 Å². The fraction of sp³-hybridized carbons (Fsp3) is 0.0769. The average molecular weight is 403 g/mol. The van der Waals surface area contributed by atoms with Crippen LogP contribution in [0.3, 0.4) is 0 Å². The Bertz CT molecular complexity index is 630. The first-order valence-electron chi connectivity index (χ1n) is 5.13. The lowest BCUT2D eigenvalue weighted by Crippen LogP contribution is -1.98. The zero-order valence-corrected chi connectivity index (χ0v) is 13.8. The van der Waals surface area contributed by atoms with Gasteiger partial charge in [-0.05, 0) is 45.8 Å². The summed E-state index contributed by atoms with van der Waals surface area (Å²) in [4.78, 5) is 0. The van der Waals surface area contributed by atoms with Gasteiger partial charge >= 0.3 is 0 Å². The molecule has 0 heterocycles. The van der Waals surface area contributed by atoms with Crippen LogP contribution in [0.25, 0.3) is 0 Å². The lowest BCUT2D eigenvalue weighted by atomic mass is 10.0. The number of rotatable bonds is 2. The van der Waals surface area contributed by atoms with Gasteiger partial charge < -0.3 is 0 Å². The molecule has 1 atom stereocenters. The molecule has 0 fully saturated rings. The molecule has 0 N–H and O–H groups in total. The van der Waals surface area contributed by atoms with Crippen LogP contribution in [0.1, 0.15) is 16.5 Å². The van der Waals surface area contributed by atoms with Crippen LogP contribution in [0.15, 0.2) is 34.8 Å². The highest BCUT2D eigenvalue weighted by Gasteiger charge is 2.19. The van der Waals surface area contributed by atoms with Gasteiger partial charge in [0.15, 0.2) is 0 Å². The third kappa shape index (κ3) is 3.37. The summed E-state index contributed by atoms with van der Waals surface area (Å²) in [7, 11) is 0. The summed E-state index contributed by atoms with van der Waals surface area (Å²) in [5, 5.41) is 0.514. The SMILES string of the molecule is Fc1cc(Br)c(Cl)cc1C(Cl)c1ccc(Cl)cc1Cl. The second-order valence-corrected chi connectivity index (χ2v) is 6.36. The van der Waals surface area contributed by atoms with E-state index in [1.165, 1.54) is 12.1 Å². The minimum Gasteiger partial charge on any atom is -0.207 e. The molecule has 19 heavy (non-hydrogen) atoms. The van der Waals surface area contributed by atoms with Crippen LogP contribution >= 0.6 is 62.3 Å². The molecular weight excluding hydrogens is 397 g/mol. The highest BCUT2D eigenvalue weighted by molar-refractivity contribution is 9.10. The van der Waals surface area contributed by atoms with Gasteiger partial charge in [-0.3, -0.25) is 0 Å². The van der Waals surface area contributed by atoms with Gasteiger partial charge in [0.05, 0.1) is 10.4 Å². The first-order valence-corrected chi connectivity index (χ1v) is 7.50. The Balaban J connectivity index is 2.49. The van der Waals surface area contributed by atoms with Crippen molar-refractivity contribution in [1.82, 2.24) is 0 Å². The summed E-state index contributed by atoms with van der Waals surface area (Å²) in [6.07, 6.45) is 0. The Morgan fingerprint density at radius 1 is 0.947 bits per heavy atom. The summed E-state index contributed by atoms with van der Waals surface area (Å²) in [5.41, 5.74) is 0.837. The molecule has 2 aromatic rings. The molecule has 0 amide bonds. The minimum atomic E-state index is -0.740. The fourth-order valence-corrected chi connectivity index (χ4v) is 3.03. The maximum Gasteiger partial charge on any atom is 0.129 e. The number of alkyl halides is 1. The molecule has 0 bridgehead atoms. The van der Waals surface area contributed by atoms with Crippen molar-refractivity contribution >= 4 is 62.3 Å². The molecule has 0 nitrogen and oxygen atoms in total. The van der Waals surface area contributed by atoms with Gasteiger partial charge in [0.1, 0.15) is 5.82 Å². The van der Waals surface area contributed by atoms with Crippen molar-refractivity contribution in [3.63, 3.8) is 0 Å². The number of halogens is 6. The zero-order valence-electron chi connectivity index (χ0n) is 9.23. The lowest BCUT2D eigenvalue weighted by molar-refractivity contribution is 0.611. The van der Waals surface area contributed by atoms with E-state index in [4.69, 9.17) is 46.4 Å². The molecule has 2 rings (SSSR count). The molecule has 0 aliphatic rings. The molecule has 0 saturated heterocycles. The van der Waals surface area contributed by atoms with Crippen molar-refractivity contribution in [2.45, 2.75) is 5.38 Å². The highest BCUT2D eigenvalue weighted by Crippen LogP contribution is 2.38. The van der Waals surface area contributed by atoms with E-state index in [1.807, 2.05) is 0 Å². The fourth-order valence-electron chi connectivity index (χ4n) is 1.61. The summed E-state index contributed by atoms with van der Waals surface area (Å²) in [5.74, 6) is -0.456. The maximum atomic E-state index is 13.9. The molecule has 0 aromatic heterocycles. The normalized spacial score (nSPS) is 12.5. The number of hydrogen-bond acceptors (Lipinski definition) is 0. The van der Waals surface area contributed by atoms with E-state index in [1.54, 1.807) is 18.2 Å². The molecule has 100 valence electrons. The average Bonchev–Trinajstić information content (AvgIpc) is 2.33. The number of benzene rings is 2. The molecule has 2 aromatic carbocycles. The first kappa shape index (κ1) is 15.4. The van der Waals surface area contributed by atoms with E-state index in [-0.39, 0.29) is 5.56 Å². The van der Waals surface area contributed by atoms with Crippen LogP contribution in [0.2, 0.25) is 15.1 Å². The molecular formula is C13H6BrCl4F. The molecule has 0 aliphatic heterocycles. The highest BCUT2D eigenvalue weighted by atomic mass is 79.9. The van der Waals surface area contributed by atoms with E-state index in [9.17, 15) is 4.39 Å². The van der Waals surface area contributed by atoms with E-state index in [0.717, 1.165) is 0 Å². The minimum absolute atomic E-state index is 0.263. The summed E-state index contributed by atoms with van der Waals surface area (Å²) in [6.45, 7) is 0.